The third-order valence-corrected chi connectivity index (χ3v) is 3.68. The minimum absolute atomic E-state index is 0.974. The third-order valence-electron chi connectivity index (χ3n) is 3.68. The molecule has 1 nitrogen and oxygen atoms in total. The number of hydrogen-bond acceptors (Lipinski definition) is 1. The van der Waals surface area contributed by atoms with Crippen molar-refractivity contribution in [2.45, 2.75) is 26.8 Å². The van der Waals surface area contributed by atoms with Crippen LogP contribution < -0.4 is 0 Å². The molecule has 3 rings (SSSR count). The standard InChI is InChI=1S/C14H17N.C6H6.C3H6/c1-4-12(3)15-8-7-13-6-5-11(2)9-14(13)10-15;1-2-4-6-5-3-1;1-3-2/h4-6,9H,1,3,7-8,10H2,2H3;1-6H;3H,1H2,2H3. The summed E-state index contributed by atoms with van der Waals surface area (Å²) in [7, 11) is 0. The first-order valence-corrected chi connectivity index (χ1v) is 8.34. The van der Waals surface area contributed by atoms with Crippen molar-refractivity contribution in [1.29, 1.82) is 0 Å². The van der Waals surface area contributed by atoms with Crippen LogP contribution in [0.2, 0.25) is 0 Å². The number of aryl methyl sites for hydroxylation is 1. The quantitative estimate of drug-likeness (QED) is 0.489. The summed E-state index contributed by atoms with van der Waals surface area (Å²) in [5.74, 6) is 0. The van der Waals surface area contributed by atoms with Crippen molar-refractivity contribution in [2.75, 3.05) is 6.54 Å². The second kappa shape index (κ2) is 11.1. The lowest BCUT2D eigenvalue weighted by Gasteiger charge is -2.31. The van der Waals surface area contributed by atoms with Gasteiger partial charge < -0.3 is 4.90 Å². The smallest absolute Gasteiger partial charge is 0.0432 e. The highest BCUT2D eigenvalue weighted by Gasteiger charge is 2.15. The number of rotatable bonds is 2. The van der Waals surface area contributed by atoms with Gasteiger partial charge >= 0.3 is 0 Å². The van der Waals surface area contributed by atoms with E-state index >= 15 is 0 Å². The number of allylic oxidation sites excluding steroid dienone is 2. The van der Waals surface area contributed by atoms with Crippen molar-refractivity contribution in [3.05, 3.63) is 109 Å². The van der Waals surface area contributed by atoms with E-state index in [1.54, 1.807) is 6.08 Å². The van der Waals surface area contributed by atoms with Crippen molar-refractivity contribution in [2.24, 2.45) is 0 Å². The van der Waals surface area contributed by atoms with Gasteiger partial charge in [-0.15, -0.1) is 6.58 Å². The van der Waals surface area contributed by atoms with Crippen LogP contribution in [0.5, 0.6) is 0 Å². The van der Waals surface area contributed by atoms with Crippen LogP contribution in [0.3, 0.4) is 0 Å². The lowest BCUT2D eigenvalue weighted by atomic mass is 9.97. The molecular formula is C23H29N. The van der Waals surface area contributed by atoms with Crippen LogP contribution in [0.25, 0.3) is 0 Å². The fourth-order valence-corrected chi connectivity index (χ4v) is 2.45. The summed E-state index contributed by atoms with van der Waals surface area (Å²) in [4.78, 5) is 2.29. The highest BCUT2D eigenvalue weighted by molar-refractivity contribution is 5.34. The summed E-state index contributed by atoms with van der Waals surface area (Å²) in [5.41, 5.74) is 5.28. The summed E-state index contributed by atoms with van der Waals surface area (Å²) in [5, 5.41) is 0. The summed E-state index contributed by atoms with van der Waals surface area (Å²) < 4.78 is 0. The first kappa shape index (κ1) is 19.5. The number of benzene rings is 2. The molecule has 0 aromatic heterocycles. The van der Waals surface area contributed by atoms with Gasteiger partial charge in [0.05, 0.1) is 0 Å². The van der Waals surface area contributed by atoms with E-state index in [0.717, 1.165) is 25.2 Å². The van der Waals surface area contributed by atoms with Gasteiger partial charge in [-0.2, -0.15) is 0 Å². The largest absolute Gasteiger partial charge is 0.367 e. The van der Waals surface area contributed by atoms with E-state index in [0.29, 0.717) is 0 Å². The molecule has 0 spiro atoms. The summed E-state index contributed by atoms with van der Waals surface area (Å²) in [6.45, 7) is 17.2. The first-order valence-electron chi connectivity index (χ1n) is 8.34. The van der Waals surface area contributed by atoms with Gasteiger partial charge in [-0.25, -0.2) is 0 Å². The van der Waals surface area contributed by atoms with E-state index in [1.165, 1.54) is 16.7 Å². The molecule has 0 aliphatic carbocycles. The molecule has 0 saturated carbocycles. The summed E-state index contributed by atoms with van der Waals surface area (Å²) in [6.07, 6.45) is 4.70. The van der Waals surface area contributed by atoms with Crippen LogP contribution in [0.1, 0.15) is 23.6 Å². The van der Waals surface area contributed by atoms with Crippen LogP contribution in [0.4, 0.5) is 0 Å². The Balaban J connectivity index is 0.000000265. The van der Waals surface area contributed by atoms with Crippen LogP contribution in [-0.2, 0) is 13.0 Å². The maximum Gasteiger partial charge on any atom is 0.0432 e. The van der Waals surface area contributed by atoms with Crippen LogP contribution in [0.15, 0.2) is 92.2 Å². The third kappa shape index (κ3) is 6.70. The molecule has 1 aliphatic rings. The zero-order chi connectivity index (χ0) is 17.8. The van der Waals surface area contributed by atoms with Gasteiger partial charge in [-0.05, 0) is 37.5 Å². The van der Waals surface area contributed by atoms with Crippen LogP contribution in [0, 0.1) is 6.92 Å². The molecule has 0 saturated heterocycles. The van der Waals surface area contributed by atoms with Crippen molar-refractivity contribution in [3.8, 4) is 0 Å². The molecule has 126 valence electrons. The van der Waals surface area contributed by atoms with Gasteiger partial charge in [-0.3, -0.25) is 0 Å². The molecule has 1 aliphatic heterocycles. The second-order valence-electron chi connectivity index (χ2n) is 5.70. The Bertz CT molecular complexity index is 614. The lowest BCUT2D eigenvalue weighted by molar-refractivity contribution is 0.333. The molecule has 0 radical (unpaired) electrons. The zero-order valence-electron chi connectivity index (χ0n) is 15.0. The minimum Gasteiger partial charge on any atom is -0.367 e. The molecule has 0 atom stereocenters. The fraction of sp³-hybridized carbons (Fsp3) is 0.217. The van der Waals surface area contributed by atoms with Gasteiger partial charge in [0.2, 0.25) is 0 Å². The van der Waals surface area contributed by atoms with Crippen LogP contribution >= 0.6 is 0 Å². The predicted molar refractivity (Wildman–Crippen MR) is 107 cm³/mol. The molecule has 0 fully saturated rings. The van der Waals surface area contributed by atoms with Gasteiger partial charge in [0.15, 0.2) is 0 Å². The molecule has 24 heavy (non-hydrogen) atoms. The van der Waals surface area contributed by atoms with E-state index in [2.05, 4.69) is 49.8 Å². The normalized spacial score (nSPS) is 11.7. The maximum absolute atomic E-state index is 4.00. The Morgan fingerprint density at radius 2 is 1.54 bits per heavy atom. The Labute approximate surface area is 147 Å². The molecule has 0 unspecified atom stereocenters. The molecule has 1 heteroatoms. The fourth-order valence-electron chi connectivity index (χ4n) is 2.45. The number of nitrogens with zero attached hydrogens (tertiary/aromatic N) is 1. The number of fused-ring (bicyclic) bond motifs is 1. The van der Waals surface area contributed by atoms with Crippen molar-refractivity contribution in [3.63, 3.8) is 0 Å². The highest BCUT2D eigenvalue weighted by atomic mass is 15.1. The van der Waals surface area contributed by atoms with Gasteiger partial charge in [0, 0.05) is 18.8 Å². The summed E-state index contributed by atoms with van der Waals surface area (Å²) in [6, 6.07) is 18.7. The van der Waals surface area contributed by atoms with Gasteiger partial charge in [0.1, 0.15) is 0 Å². The first-order chi connectivity index (χ1) is 11.6. The Kier molecular flexibility index (Phi) is 8.99. The van der Waals surface area contributed by atoms with Gasteiger partial charge in [0.25, 0.3) is 0 Å². The lowest BCUT2D eigenvalue weighted by Crippen LogP contribution is -2.28. The number of hydrogen-bond donors (Lipinski definition) is 0. The van der Waals surface area contributed by atoms with E-state index in [-0.39, 0.29) is 0 Å². The minimum atomic E-state index is 0.974. The molecule has 0 amide bonds. The zero-order valence-corrected chi connectivity index (χ0v) is 15.0. The molecule has 2 aromatic rings. The monoisotopic (exact) mass is 319 g/mol. The van der Waals surface area contributed by atoms with Crippen molar-refractivity contribution in [1.82, 2.24) is 4.90 Å². The molecule has 0 N–H and O–H groups in total. The molecule has 2 aromatic carbocycles. The Morgan fingerprint density at radius 3 is 2.04 bits per heavy atom. The van der Waals surface area contributed by atoms with E-state index in [4.69, 9.17) is 0 Å². The van der Waals surface area contributed by atoms with E-state index in [9.17, 15) is 0 Å². The SMILES string of the molecule is C=CC.C=CC(=C)N1CCc2ccc(C)cc2C1.c1ccccc1. The topological polar surface area (TPSA) is 3.24 Å². The van der Waals surface area contributed by atoms with Crippen LogP contribution in [-0.4, -0.2) is 11.4 Å². The second-order valence-corrected chi connectivity index (χ2v) is 5.70. The van der Waals surface area contributed by atoms with Crippen molar-refractivity contribution < 1.29 is 0 Å². The van der Waals surface area contributed by atoms with Gasteiger partial charge in [-0.1, -0.05) is 79.4 Å². The molecule has 1 heterocycles. The average molecular weight is 319 g/mol. The molecular weight excluding hydrogens is 290 g/mol. The Morgan fingerprint density at radius 1 is 1.00 bits per heavy atom. The summed E-state index contributed by atoms with van der Waals surface area (Å²) >= 11 is 0. The van der Waals surface area contributed by atoms with Crippen molar-refractivity contribution >= 4 is 0 Å². The Hall–Kier alpha value is -2.54. The molecule has 0 bridgehead atoms. The predicted octanol–water partition coefficient (Wildman–Crippen LogP) is 5.93. The van der Waals surface area contributed by atoms with E-state index < -0.39 is 0 Å². The highest BCUT2D eigenvalue weighted by Crippen LogP contribution is 2.22. The maximum atomic E-state index is 4.00. The average Bonchev–Trinajstić information content (AvgIpc) is 2.63. The van der Waals surface area contributed by atoms with E-state index in [1.807, 2.05) is 49.4 Å².